The molecule has 0 saturated heterocycles. The van der Waals surface area contributed by atoms with Crippen molar-refractivity contribution in [3.8, 4) is 0 Å². The molecule has 0 aromatic heterocycles. The molecule has 1 aromatic carbocycles. The van der Waals surface area contributed by atoms with E-state index < -0.39 is 21.7 Å². The van der Waals surface area contributed by atoms with Gasteiger partial charge in [0.2, 0.25) is 0 Å². The number of carbonyl (C=O) groups is 1. The van der Waals surface area contributed by atoms with Gasteiger partial charge < -0.3 is 18.9 Å². The third-order valence-electron chi connectivity index (χ3n) is 3.37. The van der Waals surface area contributed by atoms with E-state index in [2.05, 4.69) is 0 Å². The quantitative estimate of drug-likeness (QED) is 0.251. The van der Waals surface area contributed by atoms with Crippen LogP contribution in [0.1, 0.15) is 32.8 Å². The average molecular weight is 433 g/mol. The molecular weight excluding hydrogens is 400 g/mol. The van der Waals surface area contributed by atoms with Crippen LogP contribution in [0, 0.1) is 6.92 Å². The minimum Gasteiger partial charge on any atom is -0.458 e. The van der Waals surface area contributed by atoms with Crippen LogP contribution in [0.3, 0.4) is 0 Å². The predicted octanol–water partition coefficient (Wildman–Crippen LogP) is 2.48. The van der Waals surface area contributed by atoms with Gasteiger partial charge in [-0.2, -0.15) is 8.42 Å². The molecule has 0 radical (unpaired) electrons. The Hall–Kier alpha value is -1.52. The summed E-state index contributed by atoms with van der Waals surface area (Å²) in [5.74, 6) is -0.410. The molecule has 0 unspecified atom stereocenters. The first-order chi connectivity index (χ1) is 13.6. The van der Waals surface area contributed by atoms with Crippen LogP contribution in [0.25, 0.3) is 0 Å². The molecule has 29 heavy (non-hydrogen) atoms. The van der Waals surface area contributed by atoms with Gasteiger partial charge in [-0.1, -0.05) is 17.7 Å². The van der Waals surface area contributed by atoms with Crippen molar-refractivity contribution >= 4 is 16.1 Å². The van der Waals surface area contributed by atoms with Gasteiger partial charge in [0.15, 0.2) is 0 Å². The minimum absolute atomic E-state index is 0.0512. The molecule has 0 N–H and O–H groups in total. The molecule has 1 aromatic rings. The zero-order chi connectivity index (χ0) is 21.8. The standard InChI is InChI=1S/C20H32O8S/c1-17-6-8-18(9-7-17)29(22,23)27-11-5-10-24-12-13-25-14-15-26-16-19(21)28-20(2,3)4/h6-9H,5,10-16H2,1-4H3. The summed E-state index contributed by atoms with van der Waals surface area (Å²) in [5, 5.41) is 0. The Morgan fingerprint density at radius 3 is 2.00 bits per heavy atom. The van der Waals surface area contributed by atoms with Gasteiger partial charge in [-0.15, -0.1) is 0 Å². The van der Waals surface area contributed by atoms with Crippen molar-refractivity contribution in [2.24, 2.45) is 0 Å². The Bertz CT molecular complexity index is 692. The normalized spacial score (nSPS) is 12.1. The van der Waals surface area contributed by atoms with E-state index in [4.69, 9.17) is 23.1 Å². The Morgan fingerprint density at radius 2 is 1.41 bits per heavy atom. The largest absolute Gasteiger partial charge is 0.458 e. The minimum atomic E-state index is -3.73. The molecule has 0 bridgehead atoms. The van der Waals surface area contributed by atoms with E-state index in [1.54, 1.807) is 32.9 Å². The third-order valence-corrected chi connectivity index (χ3v) is 4.69. The first-order valence-electron chi connectivity index (χ1n) is 9.51. The maximum atomic E-state index is 12.0. The van der Waals surface area contributed by atoms with Gasteiger partial charge in [0.25, 0.3) is 10.1 Å². The lowest BCUT2D eigenvalue weighted by atomic mass is 10.2. The van der Waals surface area contributed by atoms with Crippen molar-refractivity contribution in [2.75, 3.05) is 46.2 Å². The van der Waals surface area contributed by atoms with Crippen LogP contribution in [0.15, 0.2) is 29.2 Å². The van der Waals surface area contributed by atoms with Gasteiger partial charge in [0.1, 0.15) is 12.2 Å². The highest BCUT2D eigenvalue weighted by Gasteiger charge is 2.16. The number of hydrogen-bond donors (Lipinski definition) is 0. The Kier molecular flexibility index (Phi) is 11.4. The van der Waals surface area contributed by atoms with Crippen molar-refractivity contribution < 1.29 is 36.3 Å². The molecule has 0 aliphatic heterocycles. The summed E-state index contributed by atoms with van der Waals surface area (Å²) in [5.41, 5.74) is 0.457. The molecular formula is C20H32O8S. The van der Waals surface area contributed by atoms with E-state index in [0.29, 0.717) is 32.8 Å². The summed E-state index contributed by atoms with van der Waals surface area (Å²) in [6.45, 7) is 8.94. The van der Waals surface area contributed by atoms with E-state index in [-0.39, 0.29) is 24.7 Å². The number of rotatable bonds is 14. The monoisotopic (exact) mass is 432 g/mol. The van der Waals surface area contributed by atoms with Crippen molar-refractivity contribution in [3.05, 3.63) is 29.8 Å². The van der Waals surface area contributed by atoms with E-state index >= 15 is 0 Å². The lowest BCUT2D eigenvalue weighted by Gasteiger charge is -2.19. The van der Waals surface area contributed by atoms with Gasteiger partial charge in [0, 0.05) is 6.61 Å². The van der Waals surface area contributed by atoms with E-state index in [1.165, 1.54) is 12.1 Å². The SMILES string of the molecule is Cc1ccc(S(=O)(=O)OCCCOCCOCCOCC(=O)OC(C)(C)C)cc1. The zero-order valence-corrected chi connectivity index (χ0v) is 18.5. The molecule has 9 heteroatoms. The molecule has 0 fully saturated rings. The second kappa shape index (κ2) is 12.9. The summed E-state index contributed by atoms with van der Waals surface area (Å²) >= 11 is 0. The van der Waals surface area contributed by atoms with Crippen LogP contribution in [0.5, 0.6) is 0 Å². The van der Waals surface area contributed by atoms with Crippen LogP contribution < -0.4 is 0 Å². The van der Waals surface area contributed by atoms with Crippen LogP contribution in [-0.2, 0) is 38.0 Å². The third kappa shape index (κ3) is 12.6. The van der Waals surface area contributed by atoms with Gasteiger partial charge >= 0.3 is 5.97 Å². The number of ether oxygens (including phenoxy) is 4. The number of benzene rings is 1. The van der Waals surface area contributed by atoms with Crippen molar-refractivity contribution in [1.82, 2.24) is 0 Å². The molecule has 0 saturated carbocycles. The number of aryl methyl sites for hydroxylation is 1. The highest BCUT2D eigenvalue weighted by molar-refractivity contribution is 7.86. The zero-order valence-electron chi connectivity index (χ0n) is 17.6. The van der Waals surface area contributed by atoms with E-state index in [1.807, 2.05) is 6.92 Å². The fourth-order valence-corrected chi connectivity index (χ4v) is 3.01. The molecule has 8 nitrogen and oxygen atoms in total. The molecule has 0 aliphatic rings. The molecule has 166 valence electrons. The lowest BCUT2D eigenvalue weighted by Crippen LogP contribution is -2.27. The summed E-state index contributed by atoms with van der Waals surface area (Å²) < 4.78 is 49.9. The summed E-state index contributed by atoms with van der Waals surface area (Å²) in [6, 6.07) is 6.50. The van der Waals surface area contributed by atoms with E-state index in [0.717, 1.165) is 5.56 Å². The first-order valence-corrected chi connectivity index (χ1v) is 10.9. The molecule has 0 heterocycles. The molecule has 0 aliphatic carbocycles. The van der Waals surface area contributed by atoms with Crippen LogP contribution >= 0.6 is 0 Å². The lowest BCUT2D eigenvalue weighted by molar-refractivity contribution is -0.160. The van der Waals surface area contributed by atoms with E-state index in [9.17, 15) is 13.2 Å². The topological polar surface area (TPSA) is 97.4 Å². The summed E-state index contributed by atoms with van der Waals surface area (Å²) in [4.78, 5) is 11.6. The summed E-state index contributed by atoms with van der Waals surface area (Å²) in [7, 11) is -3.73. The molecule has 1 rings (SSSR count). The second-order valence-electron chi connectivity index (χ2n) is 7.31. The second-order valence-corrected chi connectivity index (χ2v) is 8.92. The Morgan fingerprint density at radius 1 is 0.862 bits per heavy atom. The molecule has 0 spiro atoms. The van der Waals surface area contributed by atoms with Crippen LogP contribution in [-0.4, -0.2) is 66.2 Å². The fourth-order valence-electron chi connectivity index (χ4n) is 2.07. The maximum absolute atomic E-state index is 12.0. The highest BCUT2D eigenvalue weighted by atomic mass is 32.2. The smallest absolute Gasteiger partial charge is 0.332 e. The molecule has 0 atom stereocenters. The number of esters is 1. The van der Waals surface area contributed by atoms with Gasteiger partial charge in [0.05, 0.1) is 37.9 Å². The predicted molar refractivity (Wildman–Crippen MR) is 107 cm³/mol. The van der Waals surface area contributed by atoms with Crippen molar-refractivity contribution in [1.29, 1.82) is 0 Å². The number of hydrogen-bond acceptors (Lipinski definition) is 8. The number of carbonyl (C=O) groups excluding carboxylic acids is 1. The Balaban J connectivity index is 1.96. The van der Waals surface area contributed by atoms with Gasteiger partial charge in [-0.3, -0.25) is 4.18 Å². The van der Waals surface area contributed by atoms with Gasteiger partial charge in [-0.25, -0.2) is 4.79 Å². The Labute approximate surface area is 173 Å². The maximum Gasteiger partial charge on any atom is 0.332 e. The average Bonchev–Trinajstić information content (AvgIpc) is 2.61. The van der Waals surface area contributed by atoms with Crippen molar-refractivity contribution in [3.63, 3.8) is 0 Å². The molecule has 0 amide bonds. The summed E-state index contributed by atoms with van der Waals surface area (Å²) in [6.07, 6.45) is 0.449. The van der Waals surface area contributed by atoms with Crippen LogP contribution in [0.4, 0.5) is 0 Å². The highest BCUT2D eigenvalue weighted by Crippen LogP contribution is 2.13. The van der Waals surface area contributed by atoms with Crippen LogP contribution in [0.2, 0.25) is 0 Å². The van der Waals surface area contributed by atoms with Gasteiger partial charge in [-0.05, 0) is 46.2 Å². The van der Waals surface area contributed by atoms with Crippen molar-refractivity contribution in [2.45, 2.75) is 44.6 Å². The fraction of sp³-hybridized carbons (Fsp3) is 0.650. The first kappa shape index (κ1) is 25.5.